The molecule has 0 saturated carbocycles. The van der Waals surface area contributed by atoms with Crippen molar-refractivity contribution >= 4 is 0 Å². The van der Waals surface area contributed by atoms with Crippen molar-refractivity contribution in [2.75, 3.05) is 6.61 Å². The largest absolute Gasteiger partial charge is 0.394 e. The first kappa shape index (κ1) is 11.5. The maximum atomic E-state index is 9.61. The normalized spacial score (nSPS) is 14.1. The second-order valence-electron chi connectivity index (χ2n) is 4.82. The van der Waals surface area contributed by atoms with Crippen LogP contribution in [0.1, 0.15) is 16.7 Å². The molecule has 18 heavy (non-hydrogen) atoms. The predicted molar refractivity (Wildman–Crippen MR) is 71.5 cm³/mol. The van der Waals surface area contributed by atoms with Gasteiger partial charge >= 0.3 is 0 Å². The summed E-state index contributed by atoms with van der Waals surface area (Å²) in [6.07, 6.45) is 0.785. The number of fused-ring (bicyclic) bond motifs is 3. The standard InChI is InChI=1S/C16H16O2/c17-10-13(18)8-11-5-3-7-15-14-6-2-1-4-12(14)9-16(11)15/h1-7,13,17-18H,8-10H2. The first-order valence-corrected chi connectivity index (χ1v) is 6.27. The zero-order valence-electron chi connectivity index (χ0n) is 10.1. The third-order valence-corrected chi connectivity index (χ3v) is 3.61. The average molecular weight is 240 g/mol. The Morgan fingerprint density at radius 1 is 1.00 bits per heavy atom. The zero-order valence-corrected chi connectivity index (χ0v) is 10.1. The van der Waals surface area contributed by atoms with Crippen LogP contribution in [0.4, 0.5) is 0 Å². The van der Waals surface area contributed by atoms with Crippen molar-refractivity contribution in [1.82, 2.24) is 0 Å². The predicted octanol–water partition coefficient (Wildman–Crippen LogP) is 2.15. The summed E-state index contributed by atoms with van der Waals surface area (Å²) in [5, 5.41) is 18.6. The maximum absolute atomic E-state index is 9.61. The molecule has 3 rings (SSSR count). The number of hydrogen-bond donors (Lipinski definition) is 2. The van der Waals surface area contributed by atoms with Gasteiger partial charge in [-0.25, -0.2) is 0 Å². The number of rotatable bonds is 3. The smallest absolute Gasteiger partial charge is 0.0811 e. The molecule has 2 heteroatoms. The van der Waals surface area contributed by atoms with Gasteiger partial charge in [-0.05, 0) is 34.2 Å². The lowest BCUT2D eigenvalue weighted by atomic mass is 9.97. The average Bonchev–Trinajstić information content (AvgIpc) is 2.78. The minimum atomic E-state index is -0.666. The van der Waals surface area contributed by atoms with Crippen molar-refractivity contribution in [2.45, 2.75) is 18.9 Å². The summed E-state index contributed by atoms with van der Waals surface area (Å²) < 4.78 is 0. The molecule has 1 aliphatic carbocycles. The molecule has 0 radical (unpaired) electrons. The van der Waals surface area contributed by atoms with Gasteiger partial charge in [-0.3, -0.25) is 0 Å². The van der Waals surface area contributed by atoms with E-state index < -0.39 is 6.10 Å². The van der Waals surface area contributed by atoms with Crippen LogP contribution >= 0.6 is 0 Å². The Hall–Kier alpha value is -1.64. The van der Waals surface area contributed by atoms with Crippen LogP contribution in [0.3, 0.4) is 0 Å². The van der Waals surface area contributed by atoms with Gasteiger partial charge in [0.15, 0.2) is 0 Å². The van der Waals surface area contributed by atoms with Gasteiger partial charge in [0.2, 0.25) is 0 Å². The first-order valence-electron chi connectivity index (χ1n) is 6.27. The molecule has 0 aliphatic heterocycles. The lowest BCUT2D eigenvalue weighted by Crippen LogP contribution is -2.16. The minimum Gasteiger partial charge on any atom is -0.394 e. The van der Waals surface area contributed by atoms with Crippen molar-refractivity contribution in [2.24, 2.45) is 0 Å². The molecule has 0 aromatic heterocycles. The van der Waals surface area contributed by atoms with Gasteiger partial charge in [-0.1, -0.05) is 42.5 Å². The fraction of sp³-hybridized carbons (Fsp3) is 0.250. The fourth-order valence-corrected chi connectivity index (χ4v) is 2.73. The summed E-state index contributed by atoms with van der Waals surface area (Å²) >= 11 is 0. The van der Waals surface area contributed by atoms with E-state index in [2.05, 4.69) is 30.3 Å². The first-order chi connectivity index (χ1) is 8.79. The van der Waals surface area contributed by atoms with Crippen LogP contribution < -0.4 is 0 Å². The molecule has 0 saturated heterocycles. The molecule has 2 aromatic rings. The number of aliphatic hydroxyl groups is 2. The highest BCUT2D eigenvalue weighted by molar-refractivity contribution is 5.77. The second kappa shape index (κ2) is 4.56. The molecule has 0 amide bonds. The van der Waals surface area contributed by atoms with Crippen LogP contribution in [-0.2, 0) is 12.8 Å². The van der Waals surface area contributed by atoms with Gasteiger partial charge in [0.25, 0.3) is 0 Å². The Kier molecular flexibility index (Phi) is 2.90. The zero-order chi connectivity index (χ0) is 12.5. The molecule has 92 valence electrons. The van der Waals surface area contributed by atoms with Gasteiger partial charge < -0.3 is 10.2 Å². The number of aliphatic hydroxyl groups excluding tert-OH is 2. The summed E-state index contributed by atoms with van der Waals surface area (Å²) in [5.41, 5.74) is 6.36. The molecular formula is C16H16O2. The van der Waals surface area contributed by atoms with Gasteiger partial charge in [-0.15, -0.1) is 0 Å². The Balaban J connectivity index is 2.03. The lowest BCUT2D eigenvalue weighted by Gasteiger charge is -2.11. The van der Waals surface area contributed by atoms with E-state index >= 15 is 0 Å². The molecule has 0 heterocycles. The van der Waals surface area contributed by atoms with Crippen LogP contribution in [0.25, 0.3) is 11.1 Å². The van der Waals surface area contributed by atoms with Gasteiger partial charge in [0, 0.05) is 6.42 Å². The number of hydrogen-bond acceptors (Lipinski definition) is 2. The molecular weight excluding hydrogens is 224 g/mol. The van der Waals surface area contributed by atoms with E-state index in [1.54, 1.807) is 0 Å². The van der Waals surface area contributed by atoms with Crippen LogP contribution in [0.5, 0.6) is 0 Å². The van der Waals surface area contributed by atoms with Crippen molar-refractivity contribution in [1.29, 1.82) is 0 Å². The fourth-order valence-electron chi connectivity index (χ4n) is 2.73. The van der Waals surface area contributed by atoms with Gasteiger partial charge in [-0.2, -0.15) is 0 Å². The molecule has 0 spiro atoms. The van der Waals surface area contributed by atoms with E-state index in [1.807, 2.05) is 12.1 Å². The van der Waals surface area contributed by atoms with E-state index in [0.717, 1.165) is 12.0 Å². The lowest BCUT2D eigenvalue weighted by molar-refractivity contribution is 0.0954. The summed E-state index contributed by atoms with van der Waals surface area (Å²) in [6.45, 7) is -0.184. The quantitative estimate of drug-likeness (QED) is 0.736. The third-order valence-electron chi connectivity index (χ3n) is 3.61. The second-order valence-corrected chi connectivity index (χ2v) is 4.82. The van der Waals surface area contributed by atoms with Crippen LogP contribution in [-0.4, -0.2) is 22.9 Å². The molecule has 1 atom stereocenters. The molecule has 2 nitrogen and oxygen atoms in total. The summed E-state index contributed by atoms with van der Waals surface area (Å²) in [7, 11) is 0. The monoisotopic (exact) mass is 240 g/mol. The number of benzene rings is 2. The SMILES string of the molecule is OCC(O)Cc1cccc2c1Cc1ccccc1-2. The summed E-state index contributed by atoms with van der Waals surface area (Å²) in [5.74, 6) is 0. The van der Waals surface area contributed by atoms with E-state index in [1.165, 1.54) is 22.3 Å². The van der Waals surface area contributed by atoms with Gasteiger partial charge in [0.1, 0.15) is 0 Å². The highest BCUT2D eigenvalue weighted by Gasteiger charge is 2.20. The topological polar surface area (TPSA) is 40.5 Å². The third kappa shape index (κ3) is 1.84. The minimum absolute atomic E-state index is 0.184. The van der Waals surface area contributed by atoms with E-state index in [-0.39, 0.29) is 6.61 Å². The van der Waals surface area contributed by atoms with Crippen molar-refractivity contribution in [3.8, 4) is 11.1 Å². The molecule has 0 fully saturated rings. The van der Waals surface area contributed by atoms with E-state index in [4.69, 9.17) is 5.11 Å². The van der Waals surface area contributed by atoms with E-state index in [0.29, 0.717) is 6.42 Å². The van der Waals surface area contributed by atoms with Crippen LogP contribution in [0.15, 0.2) is 42.5 Å². The Morgan fingerprint density at radius 2 is 1.78 bits per heavy atom. The molecule has 1 unspecified atom stereocenters. The van der Waals surface area contributed by atoms with Crippen LogP contribution in [0.2, 0.25) is 0 Å². The highest BCUT2D eigenvalue weighted by Crippen LogP contribution is 2.38. The van der Waals surface area contributed by atoms with Crippen molar-refractivity contribution < 1.29 is 10.2 Å². The maximum Gasteiger partial charge on any atom is 0.0811 e. The summed E-state index contributed by atoms with van der Waals surface area (Å²) in [4.78, 5) is 0. The van der Waals surface area contributed by atoms with Crippen molar-refractivity contribution in [3.05, 3.63) is 59.2 Å². The van der Waals surface area contributed by atoms with E-state index in [9.17, 15) is 5.11 Å². The molecule has 2 N–H and O–H groups in total. The van der Waals surface area contributed by atoms with Gasteiger partial charge in [0.05, 0.1) is 12.7 Å². The Morgan fingerprint density at radius 3 is 2.61 bits per heavy atom. The Bertz CT molecular complexity index is 575. The Labute approximate surface area is 107 Å². The van der Waals surface area contributed by atoms with Crippen molar-refractivity contribution in [3.63, 3.8) is 0 Å². The summed E-state index contributed by atoms with van der Waals surface area (Å²) in [6, 6.07) is 14.6. The molecule has 2 aromatic carbocycles. The highest BCUT2D eigenvalue weighted by atomic mass is 16.3. The van der Waals surface area contributed by atoms with Crippen LogP contribution in [0, 0.1) is 0 Å². The molecule has 0 bridgehead atoms. The molecule has 1 aliphatic rings.